The zero-order valence-corrected chi connectivity index (χ0v) is 9.79. The topological polar surface area (TPSA) is 55.1 Å². The molecule has 0 bridgehead atoms. The van der Waals surface area contributed by atoms with E-state index in [0.717, 1.165) is 24.4 Å². The van der Waals surface area contributed by atoms with Crippen molar-refractivity contribution in [2.24, 2.45) is 5.73 Å². The molecule has 1 aromatic rings. The Labute approximate surface area is 99.2 Å². The summed E-state index contributed by atoms with van der Waals surface area (Å²) in [6.45, 7) is 0.961. The molecule has 0 atom stereocenters. The van der Waals surface area contributed by atoms with Crippen molar-refractivity contribution in [1.29, 1.82) is 0 Å². The molecule has 0 saturated carbocycles. The third-order valence-electron chi connectivity index (χ3n) is 2.16. The molecule has 82 valence electrons. The minimum atomic E-state index is -0.371. The Balaban J connectivity index is 0.00000112. The highest BCUT2D eigenvalue weighted by molar-refractivity contribution is 7.99. The highest BCUT2D eigenvalue weighted by Gasteiger charge is 2.09. The first kappa shape index (κ1) is 12.2. The van der Waals surface area contributed by atoms with Crippen LogP contribution >= 0.6 is 24.2 Å². The van der Waals surface area contributed by atoms with Crippen LogP contribution in [0.25, 0.3) is 0 Å². The molecule has 15 heavy (non-hydrogen) atoms. The van der Waals surface area contributed by atoms with Crippen LogP contribution in [0.1, 0.15) is 16.8 Å². The maximum atomic E-state index is 11.0. The molecule has 1 aliphatic heterocycles. The van der Waals surface area contributed by atoms with E-state index in [2.05, 4.69) is 5.32 Å². The summed E-state index contributed by atoms with van der Waals surface area (Å²) in [4.78, 5) is 12.2. The van der Waals surface area contributed by atoms with Crippen LogP contribution in [0.5, 0.6) is 0 Å². The summed E-state index contributed by atoms with van der Waals surface area (Å²) in [6, 6.07) is 5.57. The van der Waals surface area contributed by atoms with Crippen LogP contribution in [-0.2, 0) is 0 Å². The molecule has 0 radical (unpaired) electrons. The van der Waals surface area contributed by atoms with Gasteiger partial charge in [0.15, 0.2) is 0 Å². The number of carbonyl (C=O) groups is 1. The summed E-state index contributed by atoms with van der Waals surface area (Å²) >= 11 is 1.82. The normalized spacial score (nSPS) is 14.1. The molecule has 5 heteroatoms. The van der Waals surface area contributed by atoms with Crippen molar-refractivity contribution in [3.8, 4) is 0 Å². The second-order valence-corrected chi connectivity index (χ2v) is 4.34. The molecule has 0 aromatic heterocycles. The third-order valence-corrected chi connectivity index (χ3v) is 3.32. The van der Waals surface area contributed by atoms with Crippen molar-refractivity contribution in [2.75, 3.05) is 17.6 Å². The standard InChI is InChI=1S/C10H12N2OS.ClH/c11-10(13)7-2-3-9-8(6-7)12-4-1-5-14-9;/h2-3,6,12H,1,4-5H2,(H2,11,13);1H. The van der Waals surface area contributed by atoms with Crippen molar-refractivity contribution in [2.45, 2.75) is 11.3 Å². The van der Waals surface area contributed by atoms with E-state index in [0.29, 0.717) is 5.56 Å². The van der Waals surface area contributed by atoms with E-state index in [4.69, 9.17) is 5.73 Å². The predicted molar refractivity (Wildman–Crippen MR) is 66.0 cm³/mol. The Morgan fingerprint density at radius 1 is 1.47 bits per heavy atom. The van der Waals surface area contributed by atoms with Crippen LogP contribution in [0, 0.1) is 0 Å². The predicted octanol–water partition coefficient (Wildman–Crippen LogP) is 2.12. The molecule has 0 spiro atoms. The van der Waals surface area contributed by atoms with Crippen molar-refractivity contribution >= 4 is 35.8 Å². The molecule has 0 aliphatic carbocycles. The number of amides is 1. The largest absolute Gasteiger partial charge is 0.384 e. The zero-order chi connectivity index (χ0) is 9.97. The lowest BCUT2D eigenvalue weighted by atomic mass is 10.2. The van der Waals surface area contributed by atoms with Gasteiger partial charge >= 0.3 is 0 Å². The van der Waals surface area contributed by atoms with E-state index >= 15 is 0 Å². The molecule has 1 heterocycles. The van der Waals surface area contributed by atoms with Gasteiger partial charge in [-0.1, -0.05) is 0 Å². The first-order valence-electron chi connectivity index (χ1n) is 4.58. The lowest BCUT2D eigenvalue weighted by Crippen LogP contribution is -2.11. The second-order valence-electron chi connectivity index (χ2n) is 3.20. The van der Waals surface area contributed by atoms with Gasteiger partial charge in [-0.25, -0.2) is 0 Å². The number of hydrogen-bond acceptors (Lipinski definition) is 3. The van der Waals surface area contributed by atoms with E-state index in [1.807, 2.05) is 23.9 Å². The van der Waals surface area contributed by atoms with Gasteiger partial charge in [0.2, 0.25) is 5.91 Å². The van der Waals surface area contributed by atoms with Gasteiger partial charge < -0.3 is 11.1 Å². The summed E-state index contributed by atoms with van der Waals surface area (Å²) in [5.74, 6) is 0.750. The summed E-state index contributed by atoms with van der Waals surface area (Å²) in [7, 11) is 0. The van der Waals surface area contributed by atoms with E-state index in [1.165, 1.54) is 4.90 Å². The Hall–Kier alpha value is -0.870. The first-order chi connectivity index (χ1) is 6.77. The lowest BCUT2D eigenvalue weighted by molar-refractivity contribution is 0.100. The molecule has 2 rings (SSSR count). The van der Waals surface area contributed by atoms with Gasteiger partial charge in [0, 0.05) is 22.7 Å². The van der Waals surface area contributed by atoms with E-state index in [1.54, 1.807) is 6.07 Å². The second kappa shape index (κ2) is 5.28. The SMILES string of the molecule is Cl.NC(=O)c1ccc2c(c1)NCCCS2. The smallest absolute Gasteiger partial charge is 0.248 e. The van der Waals surface area contributed by atoms with Crippen LogP contribution in [0.4, 0.5) is 5.69 Å². The van der Waals surface area contributed by atoms with Gasteiger partial charge in [-0.2, -0.15) is 0 Å². The number of primary amides is 1. The fourth-order valence-electron chi connectivity index (χ4n) is 1.42. The molecular formula is C10H13ClN2OS. The minimum Gasteiger partial charge on any atom is -0.384 e. The Morgan fingerprint density at radius 2 is 2.27 bits per heavy atom. The third kappa shape index (κ3) is 2.79. The fourth-order valence-corrected chi connectivity index (χ4v) is 2.38. The molecular weight excluding hydrogens is 232 g/mol. The van der Waals surface area contributed by atoms with E-state index in [9.17, 15) is 4.79 Å². The molecule has 1 aliphatic rings. The van der Waals surface area contributed by atoms with Gasteiger partial charge in [-0.15, -0.1) is 24.2 Å². The van der Waals surface area contributed by atoms with Crippen LogP contribution in [-0.4, -0.2) is 18.2 Å². The lowest BCUT2D eigenvalue weighted by Gasteiger charge is -2.07. The molecule has 1 amide bonds. The quantitative estimate of drug-likeness (QED) is 0.796. The molecule has 0 saturated heterocycles. The zero-order valence-electron chi connectivity index (χ0n) is 8.16. The summed E-state index contributed by atoms with van der Waals surface area (Å²) < 4.78 is 0. The van der Waals surface area contributed by atoms with Gasteiger partial charge in [0.05, 0.1) is 0 Å². The van der Waals surface area contributed by atoms with Crippen LogP contribution in [0.3, 0.4) is 0 Å². The van der Waals surface area contributed by atoms with Crippen LogP contribution in [0.15, 0.2) is 23.1 Å². The summed E-state index contributed by atoms with van der Waals surface area (Å²) in [5.41, 5.74) is 6.81. The highest BCUT2D eigenvalue weighted by atomic mass is 35.5. The first-order valence-corrected chi connectivity index (χ1v) is 5.56. The highest BCUT2D eigenvalue weighted by Crippen LogP contribution is 2.30. The summed E-state index contributed by atoms with van der Waals surface area (Å²) in [6.07, 6.45) is 1.14. The minimum absolute atomic E-state index is 0. The maximum Gasteiger partial charge on any atom is 0.248 e. The average molecular weight is 245 g/mol. The fraction of sp³-hybridized carbons (Fsp3) is 0.300. The maximum absolute atomic E-state index is 11.0. The number of hydrogen-bond donors (Lipinski definition) is 2. The Kier molecular flexibility index (Phi) is 4.29. The number of nitrogens with one attached hydrogen (secondary N) is 1. The van der Waals surface area contributed by atoms with Crippen molar-refractivity contribution in [1.82, 2.24) is 0 Å². The Morgan fingerprint density at radius 3 is 3.00 bits per heavy atom. The van der Waals surface area contributed by atoms with Gasteiger partial charge in [-0.3, -0.25) is 4.79 Å². The Bertz CT molecular complexity index is 370. The number of halogens is 1. The van der Waals surface area contributed by atoms with Gasteiger partial charge in [-0.05, 0) is 30.4 Å². The van der Waals surface area contributed by atoms with Crippen molar-refractivity contribution in [3.05, 3.63) is 23.8 Å². The molecule has 0 unspecified atom stereocenters. The van der Waals surface area contributed by atoms with Crippen molar-refractivity contribution < 1.29 is 4.79 Å². The number of carbonyl (C=O) groups excluding carboxylic acids is 1. The number of fused-ring (bicyclic) bond motifs is 1. The monoisotopic (exact) mass is 244 g/mol. The molecule has 1 aromatic carbocycles. The molecule has 3 N–H and O–H groups in total. The summed E-state index contributed by atoms with van der Waals surface area (Å²) in [5, 5.41) is 3.29. The molecule has 0 fully saturated rings. The number of nitrogens with two attached hydrogens (primary N) is 1. The van der Waals surface area contributed by atoms with Gasteiger partial charge in [0.1, 0.15) is 0 Å². The van der Waals surface area contributed by atoms with Crippen LogP contribution < -0.4 is 11.1 Å². The van der Waals surface area contributed by atoms with Gasteiger partial charge in [0.25, 0.3) is 0 Å². The number of benzene rings is 1. The number of rotatable bonds is 1. The molecule has 3 nitrogen and oxygen atoms in total. The average Bonchev–Trinajstić information content (AvgIpc) is 2.41. The number of anilines is 1. The van der Waals surface area contributed by atoms with E-state index in [-0.39, 0.29) is 18.3 Å². The number of thioether (sulfide) groups is 1. The van der Waals surface area contributed by atoms with Crippen molar-refractivity contribution in [3.63, 3.8) is 0 Å². The van der Waals surface area contributed by atoms with E-state index < -0.39 is 0 Å². The van der Waals surface area contributed by atoms with Crippen LogP contribution in [0.2, 0.25) is 0 Å².